The number of anilines is 1. The van der Waals surface area contributed by atoms with Crippen LogP contribution in [0.2, 0.25) is 0 Å². The van der Waals surface area contributed by atoms with Gasteiger partial charge in [0, 0.05) is 0 Å². The summed E-state index contributed by atoms with van der Waals surface area (Å²) in [7, 11) is 0. The minimum Gasteiger partial charge on any atom is -0.274 e. The van der Waals surface area contributed by atoms with Gasteiger partial charge in [0.05, 0.1) is 17.5 Å². The summed E-state index contributed by atoms with van der Waals surface area (Å²) in [6.45, 7) is 4.12. The van der Waals surface area contributed by atoms with Gasteiger partial charge in [-0.15, -0.1) is 0 Å². The predicted molar refractivity (Wildman–Crippen MR) is 73.7 cm³/mol. The van der Waals surface area contributed by atoms with Crippen molar-refractivity contribution in [3.63, 3.8) is 0 Å². The lowest BCUT2D eigenvalue weighted by atomic mass is 9.76. The molecule has 1 aliphatic carbocycles. The Morgan fingerprint density at radius 1 is 1.05 bits per heavy atom. The standard InChI is InChI=1S/C16H19NO2/c1-10-7-8-12-13(9-10)16(19)17(15(12)18)14-6-4-3-5-11(14)2/h3-6,10,12-13H,7-9H2,1-2H3/t10-,12+,13-/m1/s1. The molecule has 19 heavy (non-hydrogen) atoms. The van der Waals surface area contributed by atoms with E-state index in [0.717, 1.165) is 30.5 Å². The summed E-state index contributed by atoms with van der Waals surface area (Å²) in [5.74, 6) is 0.404. The van der Waals surface area contributed by atoms with Crippen LogP contribution in [0.3, 0.4) is 0 Å². The molecule has 1 aromatic carbocycles. The second-order valence-corrected chi connectivity index (χ2v) is 5.93. The van der Waals surface area contributed by atoms with Gasteiger partial charge in [0.2, 0.25) is 11.8 Å². The number of para-hydroxylation sites is 1. The molecule has 1 saturated carbocycles. The molecule has 3 nitrogen and oxygen atoms in total. The Balaban J connectivity index is 1.98. The van der Waals surface area contributed by atoms with E-state index < -0.39 is 0 Å². The molecule has 1 aromatic rings. The number of hydrogen-bond acceptors (Lipinski definition) is 2. The molecule has 2 amide bonds. The quantitative estimate of drug-likeness (QED) is 0.725. The topological polar surface area (TPSA) is 37.4 Å². The lowest BCUT2D eigenvalue weighted by Gasteiger charge is -2.25. The van der Waals surface area contributed by atoms with Crippen LogP contribution in [-0.4, -0.2) is 11.8 Å². The van der Waals surface area contributed by atoms with Crippen molar-refractivity contribution in [2.45, 2.75) is 33.1 Å². The number of rotatable bonds is 1. The van der Waals surface area contributed by atoms with E-state index in [9.17, 15) is 9.59 Å². The Hall–Kier alpha value is -1.64. The first-order chi connectivity index (χ1) is 9.09. The maximum atomic E-state index is 12.6. The van der Waals surface area contributed by atoms with Crippen molar-refractivity contribution in [3.05, 3.63) is 29.8 Å². The number of hydrogen-bond donors (Lipinski definition) is 0. The molecule has 2 fully saturated rings. The number of imide groups is 1. The van der Waals surface area contributed by atoms with E-state index in [-0.39, 0.29) is 23.7 Å². The highest BCUT2D eigenvalue weighted by molar-refractivity contribution is 6.22. The summed E-state index contributed by atoms with van der Waals surface area (Å²) in [4.78, 5) is 26.5. The number of fused-ring (bicyclic) bond motifs is 1. The van der Waals surface area contributed by atoms with Crippen molar-refractivity contribution in [2.24, 2.45) is 17.8 Å². The minimum absolute atomic E-state index is 0.0100. The van der Waals surface area contributed by atoms with Crippen molar-refractivity contribution < 1.29 is 9.59 Å². The van der Waals surface area contributed by atoms with E-state index in [4.69, 9.17) is 0 Å². The summed E-state index contributed by atoms with van der Waals surface area (Å²) in [5, 5.41) is 0. The van der Waals surface area contributed by atoms with Crippen molar-refractivity contribution >= 4 is 17.5 Å². The Bertz CT molecular complexity index is 537. The van der Waals surface area contributed by atoms with Crippen molar-refractivity contribution in [2.75, 3.05) is 4.90 Å². The van der Waals surface area contributed by atoms with Gasteiger partial charge in [-0.2, -0.15) is 0 Å². The first kappa shape index (κ1) is 12.4. The fraction of sp³-hybridized carbons (Fsp3) is 0.500. The molecule has 3 heteroatoms. The Labute approximate surface area is 113 Å². The van der Waals surface area contributed by atoms with Crippen LogP contribution in [0.15, 0.2) is 24.3 Å². The normalized spacial score (nSPS) is 30.6. The molecule has 1 heterocycles. The summed E-state index contributed by atoms with van der Waals surface area (Å²) in [5.41, 5.74) is 1.75. The fourth-order valence-electron chi connectivity index (χ4n) is 3.44. The third-order valence-corrected chi connectivity index (χ3v) is 4.54. The monoisotopic (exact) mass is 257 g/mol. The Morgan fingerprint density at radius 2 is 1.74 bits per heavy atom. The smallest absolute Gasteiger partial charge is 0.237 e. The lowest BCUT2D eigenvalue weighted by Crippen LogP contribution is -2.31. The first-order valence-electron chi connectivity index (χ1n) is 7.03. The number of benzene rings is 1. The molecule has 0 N–H and O–H groups in total. The van der Waals surface area contributed by atoms with Gasteiger partial charge >= 0.3 is 0 Å². The second-order valence-electron chi connectivity index (χ2n) is 5.93. The molecular formula is C16H19NO2. The highest BCUT2D eigenvalue weighted by Gasteiger charge is 2.50. The zero-order valence-corrected chi connectivity index (χ0v) is 11.4. The summed E-state index contributed by atoms with van der Waals surface area (Å²) in [6, 6.07) is 7.62. The van der Waals surface area contributed by atoms with Gasteiger partial charge in [0.1, 0.15) is 0 Å². The predicted octanol–water partition coefficient (Wildman–Crippen LogP) is 2.92. The van der Waals surface area contributed by atoms with Gasteiger partial charge in [0.25, 0.3) is 0 Å². The number of nitrogens with zero attached hydrogens (tertiary/aromatic N) is 1. The summed E-state index contributed by atoms with van der Waals surface area (Å²) < 4.78 is 0. The number of aryl methyl sites for hydroxylation is 1. The zero-order chi connectivity index (χ0) is 13.6. The zero-order valence-electron chi connectivity index (χ0n) is 11.4. The van der Waals surface area contributed by atoms with Gasteiger partial charge in [0.15, 0.2) is 0 Å². The maximum absolute atomic E-state index is 12.6. The van der Waals surface area contributed by atoms with Crippen LogP contribution in [0.4, 0.5) is 5.69 Å². The largest absolute Gasteiger partial charge is 0.274 e. The van der Waals surface area contributed by atoms with Crippen LogP contribution in [0.5, 0.6) is 0 Å². The number of carbonyl (C=O) groups excluding carboxylic acids is 2. The minimum atomic E-state index is -0.0872. The highest BCUT2D eigenvalue weighted by Crippen LogP contribution is 2.42. The van der Waals surface area contributed by atoms with E-state index in [1.165, 1.54) is 4.90 Å². The summed E-state index contributed by atoms with van der Waals surface area (Å²) in [6.07, 6.45) is 2.78. The highest BCUT2D eigenvalue weighted by atomic mass is 16.2. The molecular weight excluding hydrogens is 238 g/mol. The van der Waals surface area contributed by atoms with Crippen LogP contribution >= 0.6 is 0 Å². The van der Waals surface area contributed by atoms with E-state index in [1.54, 1.807) is 0 Å². The molecule has 0 spiro atoms. The summed E-state index contributed by atoms with van der Waals surface area (Å²) >= 11 is 0. The lowest BCUT2D eigenvalue weighted by molar-refractivity contribution is -0.122. The maximum Gasteiger partial charge on any atom is 0.237 e. The molecule has 0 unspecified atom stereocenters. The van der Waals surface area contributed by atoms with Crippen LogP contribution in [0.1, 0.15) is 31.7 Å². The van der Waals surface area contributed by atoms with E-state index >= 15 is 0 Å². The second kappa shape index (κ2) is 4.48. The molecule has 3 rings (SSSR count). The van der Waals surface area contributed by atoms with Gasteiger partial charge in [-0.25, -0.2) is 4.90 Å². The molecule has 3 atom stereocenters. The third kappa shape index (κ3) is 1.88. The molecule has 1 aliphatic heterocycles. The molecule has 100 valence electrons. The molecule has 2 aliphatic rings. The average molecular weight is 257 g/mol. The van der Waals surface area contributed by atoms with Crippen molar-refractivity contribution in [1.82, 2.24) is 0 Å². The fourth-order valence-corrected chi connectivity index (χ4v) is 3.44. The Morgan fingerprint density at radius 3 is 2.47 bits per heavy atom. The molecule has 0 aromatic heterocycles. The van der Waals surface area contributed by atoms with Crippen LogP contribution in [0.25, 0.3) is 0 Å². The molecule has 0 radical (unpaired) electrons. The van der Waals surface area contributed by atoms with E-state index in [2.05, 4.69) is 6.92 Å². The van der Waals surface area contributed by atoms with E-state index in [0.29, 0.717) is 5.92 Å². The Kier molecular flexibility index (Phi) is 2.92. The van der Waals surface area contributed by atoms with Crippen molar-refractivity contribution in [3.8, 4) is 0 Å². The average Bonchev–Trinajstić information content (AvgIpc) is 2.63. The van der Waals surface area contributed by atoms with Crippen molar-refractivity contribution in [1.29, 1.82) is 0 Å². The number of amides is 2. The van der Waals surface area contributed by atoms with Crippen LogP contribution in [0, 0.1) is 24.7 Å². The van der Waals surface area contributed by atoms with Gasteiger partial charge < -0.3 is 0 Å². The van der Waals surface area contributed by atoms with Gasteiger partial charge in [-0.05, 0) is 43.7 Å². The third-order valence-electron chi connectivity index (χ3n) is 4.54. The molecule has 0 bridgehead atoms. The SMILES string of the molecule is Cc1ccccc1N1C(=O)[C@H]2CC[C@@H](C)C[C@H]2C1=O. The van der Waals surface area contributed by atoms with E-state index in [1.807, 2.05) is 31.2 Å². The van der Waals surface area contributed by atoms with Gasteiger partial charge in [-0.1, -0.05) is 25.1 Å². The van der Waals surface area contributed by atoms with Crippen LogP contribution < -0.4 is 4.90 Å². The first-order valence-corrected chi connectivity index (χ1v) is 7.03. The van der Waals surface area contributed by atoms with Crippen LogP contribution in [-0.2, 0) is 9.59 Å². The van der Waals surface area contributed by atoms with Gasteiger partial charge in [-0.3, -0.25) is 9.59 Å². The number of carbonyl (C=O) groups is 2. The molecule has 1 saturated heterocycles.